The van der Waals surface area contributed by atoms with Gasteiger partial charge in [-0.2, -0.15) is 0 Å². The minimum absolute atomic E-state index is 0.490. The molecule has 1 aromatic rings. The van der Waals surface area contributed by atoms with Gasteiger partial charge in [0.2, 0.25) is 0 Å². The van der Waals surface area contributed by atoms with Crippen molar-refractivity contribution in [1.82, 2.24) is 9.97 Å². The van der Waals surface area contributed by atoms with Crippen LogP contribution in [0.5, 0.6) is 0 Å². The summed E-state index contributed by atoms with van der Waals surface area (Å²) in [6, 6.07) is 1.87. The van der Waals surface area contributed by atoms with Crippen LogP contribution >= 0.6 is 0 Å². The first kappa shape index (κ1) is 15.7. The molecular weight excluding hydrogens is 240 g/mol. The van der Waals surface area contributed by atoms with Gasteiger partial charge >= 0.3 is 0 Å². The monoisotopic (exact) mass is 266 g/mol. The third-order valence-corrected chi connectivity index (χ3v) is 3.36. The van der Waals surface area contributed by atoms with E-state index in [1.165, 1.54) is 0 Å². The zero-order chi connectivity index (χ0) is 14.7. The molecule has 0 saturated carbocycles. The molecule has 0 bridgehead atoms. The highest BCUT2D eigenvalue weighted by Gasteiger charge is 2.35. The van der Waals surface area contributed by atoms with Crippen LogP contribution in [0.3, 0.4) is 0 Å². The van der Waals surface area contributed by atoms with Crippen molar-refractivity contribution in [2.75, 3.05) is 17.2 Å². The molecule has 0 fully saturated rings. The van der Waals surface area contributed by atoms with Crippen molar-refractivity contribution < 1.29 is 5.11 Å². The summed E-state index contributed by atoms with van der Waals surface area (Å²) in [5.74, 6) is 2.23. The number of rotatable bonds is 6. The number of aromatic nitrogens is 2. The second-order valence-electron chi connectivity index (χ2n) is 5.92. The molecule has 0 aromatic carbocycles. The standard InChI is InChI=1S/C14H26N4O/c1-7-8-15-11-9-12(17-10(2)16-11)18-13(3,4)14(5,6)19/h9,19H,7-8H2,1-6H3,(H2,15,16,17,18). The summed E-state index contributed by atoms with van der Waals surface area (Å²) in [5, 5.41) is 16.7. The van der Waals surface area contributed by atoms with Gasteiger partial charge in [0.05, 0.1) is 11.1 Å². The zero-order valence-electron chi connectivity index (χ0n) is 12.8. The molecule has 108 valence electrons. The molecule has 0 saturated heterocycles. The van der Waals surface area contributed by atoms with Crippen molar-refractivity contribution in [3.8, 4) is 0 Å². The zero-order valence-corrected chi connectivity index (χ0v) is 12.8. The van der Waals surface area contributed by atoms with E-state index < -0.39 is 11.1 Å². The van der Waals surface area contributed by atoms with E-state index in [9.17, 15) is 5.11 Å². The van der Waals surface area contributed by atoms with Gasteiger partial charge in [-0.05, 0) is 41.0 Å². The highest BCUT2D eigenvalue weighted by atomic mass is 16.3. The summed E-state index contributed by atoms with van der Waals surface area (Å²) in [6.07, 6.45) is 1.04. The van der Waals surface area contributed by atoms with E-state index in [-0.39, 0.29) is 0 Å². The lowest BCUT2D eigenvalue weighted by molar-refractivity contribution is 0.0238. The van der Waals surface area contributed by atoms with Gasteiger partial charge in [-0.3, -0.25) is 0 Å². The van der Waals surface area contributed by atoms with Gasteiger partial charge in [-0.1, -0.05) is 6.92 Å². The van der Waals surface area contributed by atoms with E-state index in [1.54, 1.807) is 13.8 Å². The summed E-state index contributed by atoms with van der Waals surface area (Å²) < 4.78 is 0. The predicted octanol–water partition coefficient (Wildman–Crippen LogP) is 2.57. The van der Waals surface area contributed by atoms with Crippen molar-refractivity contribution in [2.45, 2.75) is 59.1 Å². The maximum Gasteiger partial charge on any atom is 0.132 e. The lowest BCUT2D eigenvalue weighted by Crippen LogP contribution is -2.51. The minimum Gasteiger partial charge on any atom is -0.388 e. The lowest BCUT2D eigenvalue weighted by atomic mass is 9.86. The van der Waals surface area contributed by atoms with Crippen molar-refractivity contribution in [2.24, 2.45) is 0 Å². The topological polar surface area (TPSA) is 70.1 Å². The molecule has 0 aliphatic rings. The van der Waals surface area contributed by atoms with Gasteiger partial charge in [0.15, 0.2) is 0 Å². The molecule has 0 radical (unpaired) electrons. The third-order valence-electron chi connectivity index (χ3n) is 3.36. The van der Waals surface area contributed by atoms with E-state index in [1.807, 2.05) is 26.8 Å². The van der Waals surface area contributed by atoms with Crippen molar-refractivity contribution in [1.29, 1.82) is 0 Å². The van der Waals surface area contributed by atoms with Crippen LogP contribution < -0.4 is 10.6 Å². The van der Waals surface area contributed by atoms with Gasteiger partial charge in [-0.15, -0.1) is 0 Å². The molecule has 0 aliphatic carbocycles. The van der Waals surface area contributed by atoms with Crippen molar-refractivity contribution >= 4 is 11.6 Å². The maximum atomic E-state index is 10.2. The summed E-state index contributed by atoms with van der Waals surface area (Å²) in [4.78, 5) is 8.71. The van der Waals surface area contributed by atoms with Crippen molar-refractivity contribution in [3.05, 3.63) is 11.9 Å². The fraction of sp³-hybridized carbons (Fsp3) is 0.714. The number of hydrogen-bond acceptors (Lipinski definition) is 5. The Balaban J connectivity index is 2.92. The number of nitrogens with zero attached hydrogens (tertiary/aromatic N) is 2. The van der Waals surface area contributed by atoms with E-state index in [2.05, 4.69) is 27.5 Å². The Kier molecular flexibility index (Phi) is 4.74. The first-order chi connectivity index (χ1) is 8.65. The fourth-order valence-corrected chi connectivity index (χ4v) is 1.45. The number of aliphatic hydroxyl groups is 1. The van der Waals surface area contributed by atoms with Gasteiger partial charge < -0.3 is 15.7 Å². The number of hydrogen-bond donors (Lipinski definition) is 3. The summed E-state index contributed by atoms with van der Waals surface area (Å²) in [7, 11) is 0. The molecule has 19 heavy (non-hydrogen) atoms. The first-order valence-corrected chi connectivity index (χ1v) is 6.76. The Hall–Kier alpha value is -1.36. The molecule has 5 nitrogen and oxygen atoms in total. The molecule has 0 amide bonds. The third kappa shape index (κ3) is 4.35. The SMILES string of the molecule is CCCNc1cc(NC(C)(C)C(C)(C)O)nc(C)n1. The van der Waals surface area contributed by atoms with E-state index in [4.69, 9.17) is 0 Å². The van der Waals surface area contributed by atoms with Crippen LogP contribution in [0, 0.1) is 6.92 Å². The van der Waals surface area contributed by atoms with Crippen LogP contribution in [-0.4, -0.2) is 32.8 Å². The van der Waals surface area contributed by atoms with Crippen LogP contribution in [-0.2, 0) is 0 Å². The number of aryl methyl sites for hydroxylation is 1. The molecule has 1 heterocycles. The fourth-order valence-electron chi connectivity index (χ4n) is 1.45. The lowest BCUT2D eigenvalue weighted by Gasteiger charge is -2.38. The summed E-state index contributed by atoms with van der Waals surface area (Å²) in [5.41, 5.74) is -1.35. The van der Waals surface area contributed by atoms with Gasteiger partial charge in [0.25, 0.3) is 0 Å². The summed E-state index contributed by atoms with van der Waals surface area (Å²) >= 11 is 0. The quantitative estimate of drug-likeness (QED) is 0.738. The molecule has 1 aromatic heterocycles. The molecular formula is C14H26N4O. The highest BCUT2D eigenvalue weighted by molar-refractivity contribution is 5.49. The van der Waals surface area contributed by atoms with Crippen molar-refractivity contribution in [3.63, 3.8) is 0 Å². The molecule has 1 rings (SSSR count). The van der Waals surface area contributed by atoms with E-state index in [0.717, 1.165) is 24.6 Å². The maximum absolute atomic E-state index is 10.2. The number of nitrogens with one attached hydrogen (secondary N) is 2. The molecule has 0 spiro atoms. The van der Waals surface area contributed by atoms with Gasteiger partial charge in [-0.25, -0.2) is 9.97 Å². The van der Waals surface area contributed by atoms with Crippen LogP contribution in [0.2, 0.25) is 0 Å². The van der Waals surface area contributed by atoms with Crippen LogP contribution in [0.15, 0.2) is 6.07 Å². The minimum atomic E-state index is -0.858. The van der Waals surface area contributed by atoms with E-state index in [0.29, 0.717) is 5.82 Å². The van der Waals surface area contributed by atoms with Gasteiger partial charge in [0.1, 0.15) is 17.5 Å². The van der Waals surface area contributed by atoms with Crippen LogP contribution in [0.1, 0.15) is 46.9 Å². The predicted molar refractivity (Wildman–Crippen MR) is 79.5 cm³/mol. The van der Waals surface area contributed by atoms with E-state index >= 15 is 0 Å². The number of anilines is 2. The van der Waals surface area contributed by atoms with Crippen LogP contribution in [0.25, 0.3) is 0 Å². The first-order valence-electron chi connectivity index (χ1n) is 6.76. The Labute approximate surface area is 115 Å². The average molecular weight is 266 g/mol. The largest absolute Gasteiger partial charge is 0.388 e. The second kappa shape index (κ2) is 5.74. The smallest absolute Gasteiger partial charge is 0.132 e. The average Bonchev–Trinajstić information content (AvgIpc) is 2.23. The molecule has 5 heteroatoms. The Morgan fingerprint density at radius 1 is 1.16 bits per heavy atom. The Bertz CT molecular complexity index is 424. The molecule has 3 N–H and O–H groups in total. The second-order valence-corrected chi connectivity index (χ2v) is 5.92. The molecule has 0 aliphatic heterocycles. The summed E-state index contributed by atoms with van der Waals surface area (Å²) in [6.45, 7) is 12.3. The molecule has 0 unspecified atom stereocenters. The highest BCUT2D eigenvalue weighted by Crippen LogP contribution is 2.25. The molecule has 0 atom stereocenters. The Morgan fingerprint density at radius 3 is 2.26 bits per heavy atom. The van der Waals surface area contributed by atoms with Crippen LogP contribution in [0.4, 0.5) is 11.6 Å². The normalized spacial score (nSPS) is 12.4. The van der Waals surface area contributed by atoms with Gasteiger partial charge in [0, 0.05) is 12.6 Å². The Morgan fingerprint density at radius 2 is 1.74 bits per heavy atom.